The van der Waals surface area contributed by atoms with Crippen LogP contribution in [0.3, 0.4) is 0 Å². The Morgan fingerprint density at radius 1 is 1.47 bits per heavy atom. The summed E-state index contributed by atoms with van der Waals surface area (Å²) in [6.07, 6.45) is -2.88. The molecule has 0 radical (unpaired) electrons. The maximum atomic E-state index is 13.5. The van der Waals surface area contributed by atoms with E-state index >= 15 is 0 Å². The van der Waals surface area contributed by atoms with Crippen LogP contribution >= 0.6 is 0 Å². The van der Waals surface area contributed by atoms with Gasteiger partial charge in [0.25, 0.3) is 0 Å². The van der Waals surface area contributed by atoms with Gasteiger partial charge < -0.3 is 10.8 Å². The Balaban J connectivity index is 2.37. The molecule has 1 aromatic heterocycles. The number of nitrogens with two attached hydrogens (primary N) is 1. The zero-order valence-electron chi connectivity index (χ0n) is 8.55. The Bertz CT molecular complexity index is 483. The second-order valence-electron chi connectivity index (χ2n) is 3.89. The second-order valence-corrected chi connectivity index (χ2v) is 3.89. The molecule has 1 fully saturated rings. The number of aliphatic hydroxyl groups excluding tert-OH is 1. The lowest BCUT2D eigenvalue weighted by Crippen LogP contribution is -2.55. The summed E-state index contributed by atoms with van der Waals surface area (Å²) in [4.78, 5) is 14.4. The highest BCUT2D eigenvalue weighted by Crippen LogP contribution is 2.42. The van der Waals surface area contributed by atoms with E-state index < -0.39 is 48.2 Å². The summed E-state index contributed by atoms with van der Waals surface area (Å²) in [5, 5.41) is 8.68. The zero-order chi connectivity index (χ0) is 12.7. The molecular weight excluding hydrogens is 239 g/mol. The first-order chi connectivity index (χ1) is 7.97. The van der Waals surface area contributed by atoms with E-state index in [4.69, 9.17) is 10.8 Å². The Hall–Kier alpha value is -1.57. The lowest BCUT2D eigenvalue weighted by atomic mass is 9.76. The Morgan fingerprint density at radius 3 is 2.59 bits per heavy atom. The molecule has 1 aliphatic rings. The quantitative estimate of drug-likeness (QED) is 0.760. The number of anilines is 1. The lowest BCUT2D eigenvalue weighted by molar-refractivity contribution is -0.0819. The molecule has 4 atom stereocenters. The third kappa shape index (κ3) is 1.68. The molecule has 2 unspecified atom stereocenters. The standard InChI is InChI=1S/C9H10F3N3O2/c10-4-1-15(9(17)14-8(4)13)7-5(11)3(2-16)6(7)12/h1,3,5-7,16H,2H2,(H2,13,14,17)/t3?,5-,6+,7?. The van der Waals surface area contributed by atoms with Crippen molar-refractivity contribution in [1.29, 1.82) is 0 Å². The molecule has 17 heavy (non-hydrogen) atoms. The van der Waals surface area contributed by atoms with Gasteiger partial charge in [0.15, 0.2) is 11.6 Å². The molecule has 0 aromatic carbocycles. The van der Waals surface area contributed by atoms with E-state index in [-0.39, 0.29) is 0 Å². The molecule has 0 saturated heterocycles. The van der Waals surface area contributed by atoms with E-state index in [1.807, 2.05) is 0 Å². The first-order valence-corrected chi connectivity index (χ1v) is 4.90. The smallest absolute Gasteiger partial charge is 0.350 e. The van der Waals surface area contributed by atoms with Gasteiger partial charge in [0.1, 0.15) is 18.4 Å². The number of aromatic nitrogens is 2. The van der Waals surface area contributed by atoms with Crippen molar-refractivity contribution in [2.45, 2.75) is 18.4 Å². The Kier molecular flexibility index (Phi) is 2.82. The molecule has 94 valence electrons. The minimum Gasteiger partial charge on any atom is -0.396 e. The van der Waals surface area contributed by atoms with Crippen LogP contribution in [0.1, 0.15) is 6.04 Å². The third-order valence-electron chi connectivity index (χ3n) is 2.94. The van der Waals surface area contributed by atoms with E-state index in [0.29, 0.717) is 10.8 Å². The summed E-state index contributed by atoms with van der Waals surface area (Å²) >= 11 is 0. The molecule has 5 nitrogen and oxygen atoms in total. The van der Waals surface area contributed by atoms with Gasteiger partial charge in [0.05, 0.1) is 6.61 Å². The molecule has 2 rings (SSSR count). The number of hydrogen-bond donors (Lipinski definition) is 2. The fraction of sp³-hybridized carbons (Fsp3) is 0.556. The highest BCUT2D eigenvalue weighted by Gasteiger charge is 2.53. The summed E-state index contributed by atoms with van der Waals surface area (Å²) in [5.41, 5.74) is 4.03. The van der Waals surface area contributed by atoms with Gasteiger partial charge in [-0.05, 0) is 0 Å². The SMILES string of the molecule is Nc1nc(=O)n(C2[C@H](F)C(CO)[C@@H]2F)cc1F. The molecular formula is C9H10F3N3O2. The van der Waals surface area contributed by atoms with Gasteiger partial charge in [-0.15, -0.1) is 0 Å². The summed E-state index contributed by atoms with van der Waals surface area (Å²) in [6, 6.07) is -1.46. The number of aliphatic hydroxyl groups is 1. The van der Waals surface area contributed by atoms with Crippen LogP contribution in [0.4, 0.5) is 19.0 Å². The van der Waals surface area contributed by atoms with Crippen LogP contribution in [0, 0.1) is 11.7 Å². The van der Waals surface area contributed by atoms with Gasteiger partial charge >= 0.3 is 5.69 Å². The number of halogens is 3. The van der Waals surface area contributed by atoms with Crippen LogP contribution in [0.15, 0.2) is 11.0 Å². The molecule has 1 aromatic rings. The van der Waals surface area contributed by atoms with E-state index in [2.05, 4.69) is 4.98 Å². The van der Waals surface area contributed by atoms with E-state index in [1.54, 1.807) is 0 Å². The minimum absolute atomic E-state index is 0.535. The van der Waals surface area contributed by atoms with E-state index in [1.165, 1.54) is 0 Å². The van der Waals surface area contributed by atoms with Gasteiger partial charge in [0, 0.05) is 12.1 Å². The second kappa shape index (κ2) is 4.02. The predicted octanol–water partition coefficient (Wildman–Crippen LogP) is -0.196. The first kappa shape index (κ1) is 11.9. The van der Waals surface area contributed by atoms with Crippen LogP contribution in [-0.2, 0) is 0 Å². The maximum absolute atomic E-state index is 13.5. The van der Waals surface area contributed by atoms with Crippen LogP contribution in [0.5, 0.6) is 0 Å². The van der Waals surface area contributed by atoms with Crippen LogP contribution in [-0.4, -0.2) is 33.6 Å². The van der Waals surface area contributed by atoms with Crippen molar-refractivity contribution in [2.75, 3.05) is 12.3 Å². The van der Waals surface area contributed by atoms with Crippen LogP contribution < -0.4 is 11.4 Å². The number of alkyl halides is 2. The zero-order valence-corrected chi connectivity index (χ0v) is 8.55. The minimum atomic E-state index is -1.75. The van der Waals surface area contributed by atoms with E-state index in [9.17, 15) is 18.0 Å². The van der Waals surface area contributed by atoms with Gasteiger partial charge in [-0.1, -0.05) is 0 Å². The molecule has 1 saturated carbocycles. The normalized spacial score (nSPS) is 32.2. The van der Waals surface area contributed by atoms with Gasteiger partial charge in [0.2, 0.25) is 0 Å². The van der Waals surface area contributed by atoms with E-state index in [0.717, 1.165) is 0 Å². The average Bonchev–Trinajstić information content (AvgIpc) is 2.26. The van der Waals surface area contributed by atoms with Gasteiger partial charge in [-0.2, -0.15) is 4.98 Å². The first-order valence-electron chi connectivity index (χ1n) is 4.90. The maximum Gasteiger partial charge on any atom is 0.350 e. The highest BCUT2D eigenvalue weighted by atomic mass is 19.2. The van der Waals surface area contributed by atoms with Crippen molar-refractivity contribution in [2.24, 2.45) is 5.92 Å². The molecule has 1 heterocycles. The van der Waals surface area contributed by atoms with Crippen molar-refractivity contribution in [1.82, 2.24) is 9.55 Å². The fourth-order valence-electron chi connectivity index (χ4n) is 1.89. The summed E-state index contributed by atoms with van der Waals surface area (Å²) < 4.78 is 40.5. The molecule has 0 bridgehead atoms. The van der Waals surface area contributed by atoms with Crippen molar-refractivity contribution in [3.05, 3.63) is 22.5 Å². The molecule has 3 N–H and O–H groups in total. The molecule has 1 aliphatic carbocycles. The predicted molar refractivity (Wildman–Crippen MR) is 52.3 cm³/mol. The largest absolute Gasteiger partial charge is 0.396 e. The lowest BCUT2D eigenvalue weighted by Gasteiger charge is -2.42. The van der Waals surface area contributed by atoms with Crippen molar-refractivity contribution >= 4 is 5.82 Å². The molecule has 0 spiro atoms. The summed E-state index contributed by atoms with van der Waals surface area (Å²) in [6.45, 7) is -0.668. The van der Waals surface area contributed by atoms with Crippen LogP contribution in [0.25, 0.3) is 0 Å². The number of hydrogen-bond acceptors (Lipinski definition) is 4. The summed E-state index contributed by atoms with van der Waals surface area (Å²) in [7, 11) is 0. The highest BCUT2D eigenvalue weighted by molar-refractivity contribution is 5.27. The average molecular weight is 249 g/mol. The van der Waals surface area contributed by atoms with Crippen molar-refractivity contribution < 1.29 is 18.3 Å². The molecule has 8 heteroatoms. The monoisotopic (exact) mass is 249 g/mol. The molecule has 0 amide bonds. The Labute approximate surface area is 93.7 Å². The fourth-order valence-corrected chi connectivity index (χ4v) is 1.89. The topological polar surface area (TPSA) is 81.1 Å². The summed E-state index contributed by atoms with van der Waals surface area (Å²) in [5.74, 6) is -2.82. The van der Waals surface area contributed by atoms with Crippen molar-refractivity contribution in [3.63, 3.8) is 0 Å². The number of nitrogens with zero attached hydrogens (tertiary/aromatic N) is 2. The number of rotatable bonds is 2. The van der Waals surface area contributed by atoms with Crippen molar-refractivity contribution in [3.8, 4) is 0 Å². The Morgan fingerprint density at radius 2 is 2.06 bits per heavy atom. The number of nitrogen functional groups attached to an aromatic ring is 1. The van der Waals surface area contributed by atoms with Crippen LogP contribution in [0.2, 0.25) is 0 Å². The van der Waals surface area contributed by atoms with Gasteiger partial charge in [-0.3, -0.25) is 4.57 Å². The van der Waals surface area contributed by atoms with Gasteiger partial charge in [-0.25, -0.2) is 18.0 Å². The molecule has 0 aliphatic heterocycles. The third-order valence-corrected chi connectivity index (χ3v) is 2.94.